The fraction of sp³-hybridized carbons (Fsp3) is 0.0833. The predicted octanol–water partition coefficient (Wildman–Crippen LogP) is 4.47. The molecule has 0 saturated carbocycles. The van der Waals surface area contributed by atoms with Crippen molar-refractivity contribution in [2.45, 2.75) is 6.92 Å². The Labute approximate surface area is 102 Å². The van der Waals surface area contributed by atoms with Gasteiger partial charge >= 0.3 is 0 Å². The van der Waals surface area contributed by atoms with Gasteiger partial charge in [0.15, 0.2) is 0 Å². The summed E-state index contributed by atoms with van der Waals surface area (Å²) in [6.45, 7) is 1.97. The first-order chi connectivity index (χ1) is 7.16. The van der Waals surface area contributed by atoms with E-state index in [2.05, 4.69) is 27.0 Å². The molecule has 0 N–H and O–H groups in total. The van der Waals surface area contributed by atoms with E-state index in [1.165, 1.54) is 0 Å². The molecule has 0 aliphatic rings. The zero-order valence-electron chi connectivity index (χ0n) is 8.17. The number of hydrogen-bond donors (Lipinski definition) is 0. The summed E-state index contributed by atoms with van der Waals surface area (Å²) >= 11 is 9.30. The number of pyridine rings is 1. The van der Waals surface area contributed by atoms with Gasteiger partial charge in [-0.05, 0) is 52.7 Å². The van der Waals surface area contributed by atoms with Crippen molar-refractivity contribution in [3.8, 4) is 11.1 Å². The van der Waals surface area contributed by atoms with E-state index in [1.54, 1.807) is 0 Å². The minimum Gasteiger partial charge on any atom is -0.246 e. The summed E-state index contributed by atoms with van der Waals surface area (Å²) in [5, 5.41) is 0.745. The normalized spacial score (nSPS) is 10.3. The van der Waals surface area contributed by atoms with Crippen LogP contribution in [0.15, 0.2) is 41.0 Å². The Morgan fingerprint density at radius 2 is 1.73 bits per heavy atom. The van der Waals surface area contributed by atoms with Gasteiger partial charge in [0.1, 0.15) is 4.60 Å². The van der Waals surface area contributed by atoms with Gasteiger partial charge in [-0.1, -0.05) is 23.7 Å². The van der Waals surface area contributed by atoms with Gasteiger partial charge in [-0.15, -0.1) is 0 Å². The van der Waals surface area contributed by atoms with E-state index in [9.17, 15) is 0 Å². The minimum atomic E-state index is 0.745. The summed E-state index contributed by atoms with van der Waals surface area (Å²) in [6, 6.07) is 11.8. The molecule has 76 valence electrons. The monoisotopic (exact) mass is 281 g/mol. The van der Waals surface area contributed by atoms with Crippen LogP contribution in [0, 0.1) is 6.92 Å². The van der Waals surface area contributed by atoms with E-state index in [1.807, 2.05) is 37.3 Å². The largest absolute Gasteiger partial charge is 0.246 e. The number of halogens is 2. The standard InChI is InChI=1S/C12H9BrClN/c1-8-2-7-11(12(13)15-8)9-3-5-10(14)6-4-9/h2-7H,1H3. The molecule has 0 saturated heterocycles. The molecular formula is C12H9BrClN. The number of aromatic nitrogens is 1. The van der Waals surface area contributed by atoms with Gasteiger partial charge in [-0.2, -0.15) is 0 Å². The summed E-state index contributed by atoms with van der Waals surface area (Å²) in [5.41, 5.74) is 3.19. The van der Waals surface area contributed by atoms with E-state index in [0.717, 1.165) is 26.4 Å². The molecule has 1 aromatic heterocycles. The van der Waals surface area contributed by atoms with Crippen LogP contribution in [0.4, 0.5) is 0 Å². The van der Waals surface area contributed by atoms with Crippen molar-refractivity contribution in [1.82, 2.24) is 4.98 Å². The van der Waals surface area contributed by atoms with Crippen LogP contribution in [0.25, 0.3) is 11.1 Å². The first kappa shape index (κ1) is 10.7. The quantitative estimate of drug-likeness (QED) is 0.703. The molecule has 15 heavy (non-hydrogen) atoms. The molecule has 0 fully saturated rings. The van der Waals surface area contributed by atoms with Crippen LogP contribution >= 0.6 is 27.5 Å². The molecule has 0 aliphatic carbocycles. The topological polar surface area (TPSA) is 12.9 Å². The number of benzene rings is 1. The Hall–Kier alpha value is -0.860. The zero-order valence-corrected chi connectivity index (χ0v) is 10.5. The first-order valence-electron chi connectivity index (χ1n) is 4.56. The molecule has 0 atom stereocenters. The lowest BCUT2D eigenvalue weighted by molar-refractivity contribution is 1.17. The predicted molar refractivity (Wildman–Crippen MR) is 67.1 cm³/mol. The van der Waals surface area contributed by atoms with Crippen molar-refractivity contribution >= 4 is 27.5 Å². The highest BCUT2D eigenvalue weighted by molar-refractivity contribution is 9.10. The summed E-state index contributed by atoms with van der Waals surface area (Å²) in [5.74, 6) is 0. The van der Waals surface area contributed by atoms with Crippen molar-refractivity contribution < 1.29 is 0 Å². The molecule has 0 amide bonds. The van der Waals surface area contributed by atoms with E-state index >= 15 is 0 Å². The molecule has 0 spiro atoms. The van der Waals surface area contributed by atoms with E-state index in [-0.39, 0.29) is 0 Å². The number of rotatable bonds is 1. The summed E-state index contributed by atoms with van der Waals surface area (Å²) in [6.07, 6.45) is 0. The third-order valence-electron chi connectivity index (χ3n) is 2.14. The molecule has 2 rings (SSSR count). The van der Waals surface area contributed by atoms with E-state index in [4.69, 9.17) is 11.6 Å². The highest BCUT2D eigenvalue weighted by atomic mass is 79.9. The van der Waals surface area contributed by atoms with Crippen molar-refractivity contribution in [1.29, 1.82) is 0 Å². The number of nitrogens with zero attached hydrogens (tertiary/aromatic N) is 1. The molecule has 1 heterocycles. The number of hydrogen-bond acceptors (Lipinski definition) is 1. The SMILES string of the molecule is Cc1ccc(-c2ccc(Cl)cc2)c(Br)n1. The van der Waals surface area contributed by atoms with Crippen LogP contribution in [-0.4, -0.2) is 4.98 Å². The van der Waals surface area contributed by atoms with E-state index in [0.29, 0.717) is 0 Å². The molecule has 0 radical (unpaired) electrons. The zero-order chi connectivity index (χ0) is 10.8. The maximum atomic E-state index is 5.84. The van der Waals surface area contributed by atoms with Crippen molar-refractivity contribution in [2.75, 3.05) is 0 Å². The Morgan fingerprint density at radius 1 is 1.07 bits per heavy atom. The fourth-order valence-corrected chi connectivity index (χ4v) is 2.14. The second kappa shape index (κ2) is 4.33. The highest BCUT2D eigenvalue weighted by Gasteiger charge is 2.03. The van der Waals surface area contributed by atoms with E-state index < -0.39 is 0 Å². The van der Waals surface area contributed by atoms with Crippen molar-refractivity contribution in [3.05, 3.63) is 51.7 Å². The second-order valence-corrected chi connectivity index (χ2v) is 4.49. The third kappa shape index (κ3) is 2.39. The second-order valence-electron chi connectivity index (χ2n) is 3.30. The van der Waals surface area contributed by atoms with Crippen molar-refractivity contribution in [2.24, 2.45) is 0 Å². The van der Waals surface area contributed by atoms with Gasteiger partial charge in [-0.25, -0.2) is 4.98 Å². The fourth-order valence-electron chi connectivity index (χ4n) is 1.37. The van der Waals surface area contributed by atoms with Crippen LogP contribution in [0.2, 0.25) is 5.02 Å². The Kier molecular flexibility index (Phi) is 3.08. The molecule has 0 bridgehead atoms. The molecule has 2 aromatic rings. The van der Waals surface area contributed by atoms with Crippen LogP contribution in [0.1, 0.15) is 5.69 Å². The maximum absolute atomic E-state index is 5.84. The first-order valence-corrected chi connectivity index (χ1v) is 5.73. The smallest absolute Gasteiger partial charge is 0.114 e. The summed E-state index contributed by atoms with van der Waals surface area (Å²) in [4.78, 5) is 4.36. The lowest BCUT2D eigenvalue weighted by Gasteiger charge is -2.04. The lowest BCUT2D eigenvalue weighted by Crippen LogP contribution is -1.86. The average molecular weight is 283 g/mol. The Morgan fingerprint density at radius 3 is 2.33 bits per heavy atom. The highest BCUT2D eigenvalue weighted by Crippen LogP contribution is 2.27. The average Bonchev–Trinajstić information content (AvgIpc) is 2.20. The van der Waals surface area contributed by atoms with Crippen LogP contribution < -0.4 is 0 Å². The summed E-state index contributed by atoms with van der Waals surface area (Å²) < 4.78 is 0.866. The molecule has 3 heteroatoms. The van der Waals surface area contributed by atoms with Gasteiger partial charge in [0.05, 0.1) is 0 Å². The Balaban J connectivity index is 2.49. The maximum Gasteiger partial charge on any atom is 0.114 e. The minimum absolute atomic E-state index is 0.745. The van der Waals surface area contributed by atoms with Crippen LogP contribution in [0.3, 0.4) is 0 Å². The third-order valence-corrected chi connectivity index (χ3v) is 3.00. The van der Waals surface area contributed by atoms with Gasteiger partial charge < -0.3 is 0 Å². The van der Waals surface area contributed by atoms with Gasteiger partial charge in [0.2, 0.25) is 0 Å². The molecule has 0 aliphatic heterocycles. The number of aryl methyl sites for hydroxylation is 1. The van der Waals surface area contributed by atoms with Gasteiger partial charge in [-0.3, -0.25) is 0 Å². The van der Waals surface area contributed by atoms with Gasteiger partial charge in [0, 0.05) is 16.3 Å². The lowest BCUT2D eigenvalue weighted by atomic mass is 10.1. The molecule has 0 unspecified atom stereocenters. The molecule has 1 nitrogen and oxygen atoms in total. The van der Waals surface area contributed by atoms with Crippen LogP contribution in [0.5, 0.6) is 0 Å². The van der Waals surface area contributed by atoms with Crippen molar-refractivity contribution in [3.63, 3.8) is 0 Å². The Bertz CT molecular complexity index is 479. The van der Waals surface area contributed by atoms with Gasteiger partial charge in [0.25, 0.3) is 0 Å². The molecular weight excluding hydrogens is 273 g/mol. The van der Waals surface area contributed by atoms with Crippen LogP contribution in [-0.2, 0) is 0 Å². The molecule has 1 aromatic carbocycles. The summed E-state index contributed by atoms with van der Waals surface area (Å²) in [7, 11) is 0.